The van der Waals surface area contributed by atoms with Gasteiger partial charge in [-0.1, -0.05) is 27.5 Å². The maximum Gasteiger partial charge on any atom is 0.337 e. The number of aromatic carboxylic acids is 1. The minimum absolute atomic E-state index is 0.0639. The van der Waals surface area contributed by atoms with E-state index < -0.39 is 17.7 Å². The molecular formula is C14H8BrClFNO3. The van der Waals surface area contributed by atoms with Crippen LogP contribution in [0.15, 0.2) is 40.9 Å². The molecule has 1 amide bonds. The minimum Gasteiger partial charge on any atom is -0.478 e. The summed E-state index contributed by atoms with van der Waals surface area (Å²) < 4.78 is 13.7. The van der Waals surface area contributed by atoms with Crippen molar-refractivity contribution < 1.29 is 19.1 Å². The molecule has 0 heterocycles. The Bertz CT molecular complexity index is 716. The van der Waals surface area contributed by atoms with Gasteiger partial charge in [-0.05, 0) is 36.4 Å². The zero-order chi connectivity index (χ0) is 15.6. The molecule has 0 saturated heterocycles. The molecule has 0 atom stereocenters. The van der Waals surface area contributed by atoms with Gasteiger partial charge in [-0.25, -0.2) is 9.18 Å². The fourth-order valence-corrected chi connectivity index (χ4v) is 2.32. The van der Waals surface area contributed by atoms with Gasteiger partial charge in [0.15, 0.2) is 0 Å². The van der Waals surface area contributed by atoms with Crippen LogP contribution in [-0.4, -0.2) is 17.0 Å². The Morgan fingerprint density at radius 1 is 1.19 bits per heavy atom. The molecule has 0 aliphatic rings. The van der Waals surface area contributed by atoms with Crippen LogP contribution in [-0.2, 0) is 0 Å². The first-order valence-corrected chi connectivity index (χ1v) is 6.84. The molecule has 0 saturated carbocycles. The highest BCUT2D eigenvalue weighted by Gasteiger charge is 2.12. The van der Waals surface area contributed by atoms with Crippen molar-refractivity contribution in [1.29, 1.82) is 0 Å². The van der Waals surface area contributed by atoms with Crippen LogP contribution in [0.4, 0.5) is 10.1 Å². The Kier molecular flexibility index (Phi) is 4.59. The molecule has 0 aliphatic heterocycles. The lowest BCUT2D eigenvalue weighted by molar-refractivity contribution is 0.0696. The van der Waals surface area contributed by atoms with E-state index in [2.05, 4.69) is 21.2 Å². The van der Waals surface area contributed by atoms with E-state index in [1.54, 1.807) is 0 Å². The second-order valence-electron chi connectivity index (χ2n) is 4.11. The summed E-state index contributed by atoms with van der Waals surface area (Å²) in [4.78, 5) is 23.0. The largest absolute Gasteiger partial charge is 0.478 e. The van der Waals surface area contributed by atoms with Gasteiger partial charge < -0.3 is 10.4 Å². The lowest BCUT2D eigenvalue weighted by atomic mass is 10.1. The van der Waals surface area contributed by atoms with Gasteiger partial charge in [0.2, 0.25) is 0 Å². The Morgan fingerprint density at radius 3 is 2.52 bits per heavy atom. The summed E-state index contributed by atoms with van der Waals surface area (Å²) in [7, 11) is 0. The van der Waals surface area contributed by atoms with Crippen molar-refractivity contribution in [1.82, 2.24) is 0 Å². The fraction of sp³-hybridized carbons (Fsp3) is 0. The summed E-state index contributed by atoms with van der Waals surface area (Å²) in [5.74, 6) is -2.32. The van der Waals surface area contributed by atoms with Crippen LogP contribution in [0.3, 0.4) is 0 Å². The van der Waals surface area contributed by atoms with Crippen LogP contribution in [0.5, 0.6) is 0 Å². The Labute approximate surface area is 132 Å². The van der Waals surface area contributed by atoms with Gasteiger partial charge >= 0.3 is 5.97 Å². The highest BCUT2D eigenvalue weighted by Crippen LogP contribution is 2.22. The predicted molar refractivity (Wildman–Crippen MR) is 80.5 cm³/mol. The van der Waals surface area contributed by atoms with Gasteiger partial charge in [-0.15, -0.1) is 0 Å². The van der Waals surface area contributed by atoms with Crippen LogP contribution < -0.4 is 5.32 Å². The topological polar surface area (TPSA) is 66.4 Å². The maximum absolute atomic E-state index is 13.2. The van der Waals surface area contributed by atoms with E-state index in [1.807, 2.05) is 0 Å². The number of carboxylic acid groups (broad SMARTS) is 1. The molecule has 7 heteroatoms. The zero-order valence-corrected chi connectivity index (χ0v) is 12.7. The number of hydrogen-bond donors (Lipinski definition) is 2. The third-order valence-electron chi connectivity index (χ3n) is 2.58. The van der Waals surface area contributed by atoms with Crippen LogP contribution in [0, 0.1) is 5.82 Å². The number of halogens is 3. The van der Waals surface area contributed by atoms with Crippen molar-refractivity contribution in [2.75, 3.05) is 5.32 Å². The van der Waals surface area contributed by atoms with Gasteiger partial charge in [0.1, 0.15) is 5.82 Å². The molecule has 2 aromatic rings. The summed E-state index contributed by atoms with van der Waals surface area (Å²) in [5.41, 5.74) is 0.228. The molecule has 108 valence electrons. The standard InChI is InChI=1S/C14H8BrClFNO3/c15-8-3-7(4-9(17)5-8)13(19)18-10-1-2-12(16)11(6-10)14(20)21/h1-6H,(H,18,19)(H,20,21). The number of hydrogen-bond acceptors (Lipinski definition) is 2. The highest BCUT2D eigenvalue weighted by atomic mass is 79.9. The molecule has 0 aromatic heterocycles. The Balaban J connectivity index is 2.27. The minimum atomic E-state index is -1.20. The summed E-state index contributed by atoms with van der Waals surface area (Å²) in [5, 5.41) is 11.5. The van der Waals surface area contributed by atoms with E-state index in [9.17, 15) is 14.0 Å². The maximum atomic E-state index is 13.2. The first-order chi connectivity index (χ1) is 9.86. The van der Waals surface area contributed by atoms with E-state index in [4.69, 9.17) is 16.7 Å². The molecule has 0 aliphatic carbocycles. The fourth-order valence-electron chi connectivity index (χ4n) is 1.66. The second-order valence-corrected chi connectivity index (χ2v) is 5.43. The lowest BCUT2D eigenvalue weighted by Crippen LogP contribution is -2.13. The van der Waals surface area contributed by atoms with Gasteiger partial charge in [-0.3, -0.25) is 4.79 Å². The Morgan fingerprint density at radius 2 is 1.90 bits per heavy atom. The number of rotatable bonds is 3. The number of carboxylic acids is 1. The molecule has 2 rings (SSSR count). The number of amides is 1. The molecule has 4 nitrogen and oxygen atoms in total. The molecule has 0 fully saturated rings. The molecule has 0 spiro atoms. The second kappa shape index (κ2) is 6.24. The van der Waals surface area contributed by atoms with Crippen molar-refractivity contribution in [2.24, 2.45) is 0 Å². The molecule has 0 radical (unpaired) electrons. The van der Waals surface area contributed by atoms with Crippen LogP contribution in [0.1, 0.15) is 20.7 Å². The summed E-state index contributed by atoms with van der Waals surface area (Å²) in [6.45, 7) is 0. The van der Waals surface area contributed by atoms with Crippen molar-refractivity contribution in [3.8, 4) is 0 Å². The first-order valence-electron chi connectivity index (χ1n) is 5.67. The number of anilines is 1. The zero-order valence-electron chi connectivity index (χ0n) is 10.4. The average molecular weight is 373 g/mol. The smallest absolute Gasteiger partial charge is 0.337 e. The van der Waals surface area contributed by atoms with Gasteiger partial charge in [-0.2, -0.15) is 0 Å². The monoisotopic (exact) mass is 371 g/mol. The third-order valence-corrected chi connectivity index (χ3v) is 3.37. The highest BCUT2D eigenvalue weighted by molar-refractivity contribution is 9.10. The molecule has 0 unspecified atom stereocenters. The third kappa shape index (κ3) is 3.80. The lowest BCUT2D eigenvalue weighted by Gasteiger charge is -2.08. The summed E-state index contributed by atoms with van der Waals surface area (Å²) in [6, 6.07) is 7.81. The first kappa shape index (κ1) is 15.5. The molecular weight excluding hydrogens is 365 g/mol. The van der Waals surface area contributed by atoms with E-state index in [0.29, 0.717) is 4.47 Å². The number of carbonyl (C=O) groups is 2. The van der Waals surface area contributed by atoms with Crippen LogP contribution in [0.25, 0.3) is 0 Å². The van der Waals surface area contributed by atoms with Gasteiger partial charge in [0.25, 0.3) is 5.91 Å². The van der Waals surface area contributed by atoms with Crippen LogP contribution >= 0.6 is 27.5 Å². The van der Waals surface area contributed by atoms with Crippen molar-refractivity contribution >= 4 is 45.1 Å². The summed E-state index contributed by atoms with van der Waals surface area (Å²) in [6.07, 6.45) is 0. The van der Waals surface area contributed by atoms with Crippen LogP contribution in [0.2, 0.25) is 5.02 Å². The quantitative estimate of drug-likeness (QED) is 0.849. The Hall–Kier alpha value is -1.92. The number of carbonyl (C=O) groups excluding carboxylic acids is 1. The van der Waals surface area contributed by atoms with E-state index in [1.165, 1.54) is 30.3 Å². The van der Waals surface area contributed by atoms with Gasteiger partial charge in [0, 0.05) is 15.7 Å². The van der Waals surface area contributed by atoms with Crippen molar-refractivity contribution in [3.63, 3.8) is 0 Å². The summed E-state index contributed by atoms with van der Waals surface area (Å²) >= 11 is 8.83. The van der Waals surface area contributed by atoms with E-state index >= 15 is 0 Å². The molecule has 2 aromatic carbocycles. The van der Waals surface area contributed by atoms with E-state index in [0.717, 1.165) is 6.07 Å². The normalized spacial score (nSPS) is 10.2. The SMILES string of the molecule is O=C(Nc1ccc(Cl)c(C(=O)O)c1)c1cc(F)cc(Br)c1. The van der Waals surface area contributed by atoms with Gasteiger partial charge in [0.05, 0.1) is 10.6 Å². The predicted octanol–water partition coefficient (Wildman–Crippen LogP) is 4.19. The van der Waals surface area contributed by atoms with E-state index in [-0.39, 0.29) is 21.8 Å². The van der Waals surface area contributed by atoms with Crippen molar-refractivity contribution in [3.05, 3.63) is 62.8 Å². The molecule has 0 bridgehead atoms. The van der Waals surface area contributed by atoms with Crippen molar-refractivity contribution in [2.45, 2.75) is 0 Å². The molecule has 2 N–H and O–H groups in total. The average Bonchev–Trinajstić information content (AvgIpc) is 2.39. The number of benzene rings is 2. The molecule has 21 heavy (non-hydrogen) atoms. The number of nitrogens with one attached hydrogen (secondary N) is 1.